The van der Waals surface area contributed by atoms with Crippen molar-refractivity contribution in [1.29, 1.82) is 0 Å². The van der Waals surface area contributed by atoms with Gasteiger partial charge in [0.1, 0.15) is 0 Å². The molecule has 0 radical (unpaired) electrons. The van der Waals surface area contributed by atoms with Gasteiger partial charge in [-0.3, -0.25) is 0 Å². The van der Waals surface area contributed by atoms with Crippen LogP contribution in [0.15, 0.2) is 0 Å². The molecule has 0 aliphatic rings. The van der Waals surface area contributed by atoms with E-state index in [1.165, 1.54) is 129 Å². The van der Waals surface area contributed by atoms with Gasteiger partial charge in [0, 0.05) is 0 Å². The van der Waals surface area contributed by atoms with Gasteiger partial charge in [0.15, 0.2) is 0 Å². The highest BCUT2D eigenvalue weighted by Crippen LogP contribution is 2.10. The molecule has 5 heteroatoms. The van der Waals surface area contributed by atoms with Crippen LogP contribution in [-0.4, -0.2) is 23.4 Å². The van der Waals surface area contributed by atoms with E-state index in [1.54, 1.807) is 0 Å². The molecule has 0 aliphatic carbocycles. The van der Waals surface area contributed by atoms with Gasteiger partial charge in [0.2, 0.25) is 0 Å². The lowest BCUT2D eigenvalue weighted by atomic mass is 10.1. The zero-order valence-corrected chi connectivity index (χ0v) is 18.4. The third-order valence-electron chi connectivity index (χ3n) is 4.91. The van der Waals surface area contributed by atoms with Crippen LogP contribution in [0.1, 0.15) is 129 Å². The molecule has 0 unspecified atom stereocenters. The zero-order chi connectivity index (χ0) is 20.4. The van der Waals surface area contributed by atoms with E-state index in [0.29, 0.717) is 0 Å². The Morgan fingerprint density at radius 1 is 0.593 bits per heavy atom. The number of nitrogens with one attached hydrogen (secondary N) is 1. The van der Waals surface area contributed by atoms with Crippen molar-refractivity contribution in [3.63, 3.8) is 0 Å². The molecule has 0 aromatic heterocycles. The Kier molecular flexibility index (Phi) is 28.8. The van der Waals surface area contributed by atoms with Crippen LogP contribution in [0.5, 0.6) is 0 Å². The molecule has 0 amide bonds. The summed E-state index contributed by atoms with van der Waals surface area (Å²) in [6.45, 7) is 7.07. The Morgan fingerprint density at radius 3 is 1.07 bits per heavy atom. The van der Waals surface area contributed by atoms with Crippen LogP contribution in [0.3, 0.4) is 0 Å². The summed E-state index contributed by atoms with van der Waals surface area (Å²) < 4.78 is 0. The van der Waals surface area contributed by atoms with Crippen molar-refractivity contribution in [3.8, 4) is 0 Å². The van der Waals surface area contributed by atoms with Crippen molar-refractivity contribution in [1.82, 2.24) is 5.32 Å². The quantitative estimate of drug-likeness (QED) is 0.130. The molecule has 2 N–H and O–H groups in total. The fraction of sp³-hybridized carbons (Fsp3) is 1.00. The SMILES string of the molecule is CCCCCCCCCCCNCCCCCCCCCCC.O=[N+]([O-])O. The molecule has 0 aromatic carbocycles. The van der Waals surface area contributed by atoms with Crippen LogP contribution >= 0.6 is 0 Å². The highest BCUT2D eigenvalue weighted by atomic mass is 16.9. The summed E-state index contributed by atoms with van der Waals surface area (Å²) in [6.07, 6.45) is 25.8. The number of hydrogen-bond acceptors (Lipinski definition) is 3. The minimum atomic E-state index is -1.50. The van der Waals surface area contributed by atoms with E-state index in [2.05, 4.69) is 19.2 Å². The molecule has 27 heavy (non-hydrogen) atoms. The summed E-state index contributed by atoms with van der Waals surface area (Å²) >= 11 is 0. The Labute approximate surface area is 168 Å². The number of hydrogen-bond donors (Lipinski definition) is 2. The maximum Gasteiger partial charge on any atom is 0.291 e. The lowest BCUT2D eigenvalue weighted by Gasteiger charge is -2.05. The van der Waals surface area contributed by atoms with Crippen LogP contribution < -0.4 is 5.32 Å². The van der Waals surface area contributed by atoms with E-state index >= 15 is 0 Å². The molecule has 0 saturated heterocycles. The maximum atomic E-state index is 8.36. The first-order chi connectivity index (χ1) is 13.1. The average molecular weight is 389 g/mol. The second-order valence-electron chi connectivity index (χ2n) is 7.64. The average Bonchev–Trinajstić information content (AvgIpc) is 2.63. The van der Waals surface area contributed by atoms with Crippen LogP contribution in [0.4, 0.5) is 0 Å². The number of rotatable bonds is 20. The molecule has 0 aliphatic heterocycles. The molecule has 0 spiro atoms. The Bertz CT molecular complexity index is 252. The summed E-state index contributed by atoms with van der Waals surface area (Å²) in [6, 6.07) is 0. The standard InChI is InChI=1S/C22H47N.HNO3/c1-3-5-7-9-11-13-15-17-19-21-23-22-20-18-16-14-12-10-8-6-4-2;2-1(3)4/h23H,3-22H2,1-2H3;(H,2,3,4). The second kappa shape index (κ2) is 27.4. The van der Waals surface area contributed by atoms with Crippen LogP contribution in [-0.2, 0) is 0 Å². The van der Waals surface area contributed by atoms with Gasteiger partial charge < -0.3 is 10.5 Å². The molecule has 5 nitrogen and oxygen atoms in total. The largest absolute Gasteiger partial charge is 0.328 e. The summed E-state index contributed by atoms with van der Waals surface area (Å²) in [5, 5.41) is 17.3. The third-order valence-corrected chi connectivity index (χ3v) is 4.91. The molecule has 164 valence electrons. The van der Waals surface area contributed by atoms with E-state index in [4.69, 9.17) is 15.3 Å². The minimum Gasteiger partial charge on any atom is -0.328 e. The molecule has 0 fully saturated rings. The lowest BCUT2D eigenvalue weighted by Crippen LogP contribution is -2.16. The first-order valence-electron chi connectivity index (χ1n) is 11.7. The van der Waals surface area contributed by atoms with E-state index in [0.717, 1.165) is 0 Å². The molecular formula is C22H48N2O3. The van der Waals surface area contributed by atoms with Crippen LogP contribution in [0.25, 0.3) is 0 Å². The predicted molar refractivity (Wildman–Crippen MR) is 116 cm³/mol. The van der Waals surface area contributed by atoms with Crippen molar-refractivity contribution in [2.45, 2.75) is 129 Å². The van der Waals surface area contributed by atoms with Crippen LogP contribution in [0, 0.1) is 10.1 Å². The van der Waals surface area contributed by atoms with Gasteiger partial charge in [0.05, 0.1) is 0 Å². The molecule has 0 saturated carbocycles. The van der Waals surface area contributed by atoms with Gasteiger partial charge in [-0.05, 0) is 25.9 Å². The summed E-state index contributed by atoms with van der Waals surface area (Å²) in [4.78, 5) is 8.36. The van der Waals surface area contributed by atoms with Crippen molar-refractivity contribution in [2.75, 3.05) is 13.1 Å². The van der Waals surface area contributed by atoms with Gasteiger partial charge in [-0.25, -0.2) is 0 Å². The monoisotopic (exact) mass is 388 g/mol. The minimum absolute atomic E-state index is 1.24. The van der Waals surface area contributed by atoms with Crippen molar-refractivity contribution in [2.24, 2.45) is 0 Å². The first-order valence-corrected chi connectivity index (χ1v) is 11.7. The lowest BCUT2D eigenvalue weighted by molar-refractivity contribution is -0.742. The zero-order valence-electron chi connectivity index (χ0n) is 18.4. The molecular weight excluding hydrogens is 340 g/mol. The van der Waals surface area contributed by atoms with E-state index in [9.17, 15) is 0 Å². The topological polar surface area (TPSA) is 75.4 Å². The molecule has 0 rings (SSSR count). The number of unbranched alkanes of at least 4 members (excludes halogenated alkanes) is 16. The second-order valence-corrected chi connectivity index (χ2v) is 7.64. The third kappa shape index (κ3) is 36.8. The Hall–Kier alpha value is -0.840. The fourth-order valence-electron chi connectivity index (χ4n) is 3.25. The molecule has 0 atom stereocenters. The smallest absolute Gasteiger partial charge is 0.291 e. The van der Waals surface area contributed by atoms with Crippen molar-refractivity contribution >= 4 is 0 Å². The molecule has 0 bridgehead atoms. The molecule has 0 aromatic rings. The Morgan fingerprint density at radius 2 is 0.815 bits per heavy atom. The highest BCUT2D eigenvalue weighted by Gasteiger charge is 1.94. The molecule has 0 heterocycles. The predicted octanol–water partition coefficient (Wildman–Crippen LogP) is 7.29. The van der Waals surface area contributed by atoms with Crippen LogP contribution in [0.2, 0.25) is 0 Å². The van der Waals surface area contributed by atoms with Gasteiger partial charge in [-0.15, -0.1) is 10.1 Å². The summed E-state index contributed by atoms with van der Waals surface area (Å²) in [7, 11) is 0. The normalized spacial score (nSPS) is 10.4. The fourth-order valence-corrected chi connectivity index (χ4v) is 3.25. The Balaban J connectivity index is 0. The van der Waals surface area contributed by atoms with Crippen molar-refractivity contribution in [3.05, 3.63) is 10.1 Å². The highest BCUT2D eigenvalue weighted by molar-refractivity contribution is 4.52. The summed E-state index contributed by atoms with van der Waals surface area (Å²) in [5.41, 5.74) is 0. The van der Waals surface area contributed by atoms with Gasteiger partial charge in [-0.2, -0.15) is 0 Å². The van der Waals surface area contributed by atoms with Gasteiger partial charge >= 0.3 is 0 Å². The van der Waals surface area contributed by atoms with Gasteiger partial charge in [-0.1, -0.05) is 117 Å². The number of nitrogens with zero attached hydrogens (tertiary/aromatic N) is 1. The van der Waals surface area contributed by atoms with Gasteiger partial charge in [0.25, 0.3) is 5.09 Å². The first kappa shape index (κ1) is 28.4. The van der Waals surface area contributed by atoms with E-state index in [1.807, 2.05) is 0 Å². The van der Waals surface area contributed by atoms with E-state index < -0.39 is 5.09 Å². The van der Waals surface area contributed by atoms with E-state index in [-0.39, 0.29) is 0 Å². The maximum absolute atomic E-state index is 8.36. The summed E-state index contributed by atoms with van der Waals surface area (Å²) in [5.74, 6) is 0. The van der Waals surface area contributed by atoms with Crippen molar-refractivity contribution < 1.29 is 10.3 Å².